The number of aryl methyl sites for hydroxylation is 2. The van der Waals surface area contributed by atoms with Gasteiger partial charge in [0.15, 0.2) is 5.82 Å². The van der Waals surface area contributed by atoms with Crippen LogP contribution < -0.4 is 10.2 Å². The van der Waals surface area contributed by atoms with Crippen molar-refractivity contribution < 1.29 is 0 Å². The average Bonchev–Trinajstić information content (AvgIpc) is 2.63. The Kier molecular flexibility index (Phi) is 5.23. The van der Waals surface area contributed by atoms with Crippen LogP contribution in [-0.2, 0) is 6.42 Å². The molecule has 0 unspecified atom stereocenters. The highest BCUT2D eigenvalue weighted by atomic mass is 15.3. The SMILES string of the molecule is CCc1ccccc1Nc1cnnc(N(CC)c2cccc(C)c2)n1. The maximum atomic E-state index is 4.66. The molecule has 0 saturated carbocycles. The minimum Gasteiger partial charge on any atom is -0.339 e. The number of anilines is 4. The fourth-order valence-corrected chi connectivity index (χ4v) is 2.79. The van der Waals surface area contributed by atoms with Crippen LogP contribution in [0.1, 0.15) is 25.0 Å². The molecule has 25 heavy (non-hydrogen) atoms. The van der Waals surface area contributed by atoms with Crippen LogP contribution in [0.25, 0.3) is 0 Å². The highest BCUT2D eigenvalue weighted by Gasteiger charge is 2.12. The number of nitrogens with zero attached hydrogens (tertiary/aromatic N) is 4. The predicted octanol–water partition coefficient (Wildman–Crippen LogP) is 4.64. The Hall–Kier alpha value is -2.95. The summed E-state index contributed by atoms with van der Waals surface area (Å²) in [7, 11) is 0. The van der Waals surface area contributed by atoms with E-state index >= 15 is 0 Å². The predicted molar refractivity (Wildman–Crippen MR) is 103 cm³/mol. The second-order valence-electron chi connectivity index (χ2n) is 5.86. The Morgan fingerprint density at radius 3 is 2.64 bits per heavy atom. The molecule has 0 saturated heterocycles. The van der Waals surface area contributed by atoms with Crippen LogP contribution in [0.4, 0.5) is 23.1 Å². The van der Waals surface area contributed by atoms with Crippen molar-refractivity contribution in [2.75, 3.05) is 16.8 Å². The molecule has 3 aromatic rings. The van der Waals surface area contributed by atoms with E-state index in [2.05, 4.69) is 76.5 Å². The van der Waals surface area contributed by atoms with Gasteiger partial charge in [-0.05, 0) is 49.6 Å². The molecule has 2 aromatic carbocycles. The lowest BCUT2D eigenvalue weighted by Crippen LogP contribution is -2.19. The molecule has 0 atom stereocenters. The second kappa shape index (κ2) is 7.75. The zero-order valence-electron chi connectivity index (χ0n) is 14.9. The third kappa shape index (κ3) is 3.94. The molecule has 5 heteroatoms. The van der Waals surface area contributed by atoms with Gasteiger partial charge in [0.05, 0.1) is 6.20 Å². The molecular weight excluding hydrogens is 310 g/mol. The van der Waals surface area contributed by atoms with Gasteiger partial charge >= 0.3 is 0 Å². The van der Waals surface area contributed by atoms with Crippen molar-refractivity contribution in [1.29, 1.82) is 0 Å². The molecule has 0 bridgehead atoms. The lowest BCUT2D eigenvalue weighted by atomic mass is 10.1. The van der Waals surface area contributed by atoms with Crippen molar-refractivity contribution >= 4 is 23.1 Å². The fraction of sp³-hybridized carbons (Fsp3) is 0.250. The number of nitrogens with one attached hydrogen (secondary N) is 1. The Morgan fingerprint density at radius 2 is 1.88 bits per heavy atom. The normalized spacial score (nSPS) is 10.5. The Bertz CT molecular complexity index is 847. The molecule has 0 fully saturated rings. The highest BCUT2D eigenvalue weighted by molar-refractivity contribution is 5.63. The van der Waals surface area contributed by atoms with Crippen molar-refractivity contribution in [2.24, 2.45) is 0 Å². The second-order valence-corrected chi connectivity index (χ2v) is 5.86. The molecule has 3 rings (SSSR count). The number of rotatable bonds is 6. The largest absolute Gasteiger partial charge is 0.339 e. The van der Waals surface area contributed by atoms with Gasteiger partial charge in [-0.2, -0.15) is 10.1 Å². The summed E-state index contributed by atoms with van der Waals surface area (Å²) in [6, 6.07) is 16.5. The monoisotopic (exact) mass is 333 g/mol. The first-order valence-electron chi connectivity index (χ1n) is 8.60. The van der Waals surface area contributed by atoms with E-state index in [0.717, 1.165) is 24.3 Å². The molecule has 0 aliphatic rings. The molecule has 0 spiro atoms. The lowest BCUT2D eigenvalue weighted by Gasteiger charge is -2.21. The van der Waals surface area contributed by atoms with E-state index in [4.69, 9.17) is 0 Å². The molecule has 1 N–H and O–H groups in total. The summed E-state index contributed by atoms with van der Waals surface area (Å²) in [5.74, 6) is 1.28. The summed E-state index contributed by atoms with van der Waals surface area (Å²) in [5, 5.41) is 11.7. The summed E-state index contributed by atoms with van der Waals surface area (Å²) in [4.78, 5) is 6.71. The Balaban J connectivity index is 1.90. The summed E-state index contributed by atoms with van der Waals surface area (Å²) >= 11 is 0. The average molecular weight is 333 g/mol. The summed E-state index contributed by atoms with van der Waals surface area (Å²) in [5.41, 5.74) is 4.56. The number of hydrogen-bond acceptors (Lipinski definition) is 5. The van der Waals surface area contributed by atoms with Crippen LogP contribution in [-0.4, -0.2) is 21.7 Å². The first kappa shape index (κ1) is 16.9. The van der Waals surface area contributed by atoms with Gasteiger partial charge in [-0.25, -0.2) is 0 Å². The molecular formula is C20H23N5. The van der Waals surface area contributed by atoms with E-state index in [-0.39, 0.29) is 0 Å². The molecule has 1 aromatic heterocycles. The third-order valence-electron chi connectivity index (χ3n) is 4.08. The number of aromatic nitrogens is 3. The highest BCUT2D eigenvalue weighted by Crippen LogP contribution is 2.24. The van der Waals surface area contributed by atoms with Gasteiger partial charge in [0.2, 0.25) is 0 Å². The molecule has 128 valence electrons. The van der Waals surface area contributed by atoms with Crippen molar-refractivity contribution in [2.45, 2.75) is 27.2 Å². The molecule has 1 heterocycles. The van der Waals surface area contributed by atoms with Gasteiger partial charge in [-0.1, -0.05) is 37.3 Å². The number of benzene rings is 2. The minimum absolute atomic E-state index is 0.590. The van der Waals surface area contributed by atoms with Crippen LogP contribution in [0.2, 0.25) is 0 Å². The number of hydrogen-bond donors (Lipinski definition) is 1. The van der Waals surface area contributed by atoms with E-state index in [1.54, 1.807) is 6.20 Å². The Morgan fingerprint density at radius 1 is 1.04 bits per heavy atom. The van der Waals surface area contributed by atoms with E-state index in [0.29, 0.717) is 11.8 Å². The smallest absolute Gasteiger partial charge is 0.251 e. The van der Waals surface area contributed by atoms with Crippen molar-refractivity contribution in [3.8, 4) is 0 Å². The quantitative estimate of drug-likeness (QED) is 0.712. The van der Waals surface area contributed by atoms with Gasteiger partial charge in [-0.15, -0.1) is 5.10 Å². The van der Waals surface area contributed by atoms with Gasteiger partial charge in [-0.3, -0.25) is 0 Å². The van der Waals surface area contributed by atoms with Crippen molar-refractivity contribution in [3.05, 3.63) is 65.9 Å². The third-order valence-corrected chi connectivity index (χ3v) is 4.08. The summed E-state index contributed by atoms with van der Waals surface area (Å²) < 4.78 is 0. The molecule has 0 amide bonds. The zero-order valence-corrected chi connectivity index (χ0v) is 14.9. The van der Waals surface area contributed by atoms with E-state index in [9.17, 15) is 0 Å². The molecule has 0 radical (unpaired) electrons. The van der Waals surface area contributed by atoms with Crippen molar-refractivity contribution in [3.63, 3.8) is 0 Å². The first-order valence-corrected chi connectivity index (χ1v) is 8.60. The van der Waals surface area contributed by atoms with E-state index < -0.39 is 0 Å². The zero-order chi connectivity index (χ0) is 17.6. The summed E-state index contributed by atoms with van der Waals surface area (Å²) in [6.07, 6.45) is 2.61. The molecule has 0 aliphatic heterocycles. The van der Waals surface area contributed by atoms with Crippen LogP contribution in [0.15, 0.2) is 54.7 Å². The Labute approximate surface area is 148 Å². The van der Waals surface area contributed by atoms with Crippen molar-refractivity contribution in [1.82, 2.24) is 15.2 Å². The van der Waals surface area contributed by atoms with Crippen LogP contribution in [0.5, 0.6) is 0 Å². The molecule has 0 aliphatic carbocycles. The standard InChI is InChI=1S/C20H23N5/c1-4-16-10-6-7-12-18(16)22-19-14-21-24-20(23-19)25(5-2)17-11-8-9-15(3)13-17/h6-14H,4-5H2,1-3H3,(H,22,23,24). The lowest BCUT2D eigenvalue weighted by molar-refractivity contribution is 0.886. The minimum atomic E-state index is 0.590. The van der Waals surface area contributed by atoms with Gasteiger partial charge in [0.1, 0.15) is 0 Å². The van der Waals surface area contributed by atoms with Gasteiger partial charge in [0, 0.05) is 17.9 Å². The van der Waals surface area contributed by atoms with Crippen LogP contribution >= 0.6 is 0 Å². The first-order chi connectivity index (χ1) is 12.2. The molecule has 5 nitrogen and oxygen atoms in total. The number of para-hydroxylation sites is 1. The summed E-state index contributed by atoms with van der Waals surface area (Å²) in [6.45, 7) is 7.06. The topological polar surface area (TPSA) is 53.9 Å². The maximum Gasteiger partial charge on any atom is 0.251 e. The van der Waals surface area contributed by atoms with Crippen LogP contribution in [0.3, 0.4) is 0 Å². The van der Waals surface area contributed by atoms with Gasteiger partial charge in [0.25, 0.3) is 5.95 Å². The fourth-order valence-electron chi connectivity index (χ4n) is 2.79. The van der Waals surface area contributed by atoms with E-state index in [1.165, 1.54) is 11.1 Å². The maximum absolute atomic E-state index is 4.66. The van der Waals surface area contributed by atoms with Gasteiger partial charge < -0.3 is 10.2 Å². The van der Waals surface area contributed by atoms with E-state index in [1.807, 2.05) is 18.2 Å². The van der Waals surface area contributed by atoms with Crippen LogP contribution in [0, 0.1) is 6.92 Å².